The van der Waals surface area contributed by atoms with Crippen LogP contribution in [0.4, 0.5) is 34.1 Å². The SMILES string of the molecule is [C-]#[N+]/C=C/c1nc2c(nc1/C=C/C#N)c1nc(/C=C/C)c(/C=C/C#N)nc1c1nc(/C=C/[N+]#[C-])c(/C=C/[N+]#[C-])nc21.[C-]#[N+]c1ccc(-c2nc3c4nc(-c5ccc(C#N)c([N+]#[C-])c5)c(-c5ccc(C#N)c(C#N)c5)nc4c4nc(-c5ccc(C#N)c(C#N)c5)c(-c5ccc([N+]#[C-])c([N+]#[C-])c5)nc4c3nc2-c2ccc([N+]#[C-])c([N+]#[C-])c2)cc1C#N. The number of nitrogens with zero attached hydrogens (tertiary/aromatic N) is 29. The van der Waals surface area contributed by atoms with Gasteiger partial charge in [0.25, 0.3) is 0 Å². The highest BCUT2D eigenvalue weighted by atomic mass is 15.0. The fourth-order valence-corrected chi connectivity index (χ4v) is 12.5. The lowest BCUT2D eigenvalue weighted by Gasteiger charge is -2.18. The first kappa shape index (κ1) is 76.8. The highest BCUT2D eigenvalue weighted by Crippen LogP contribution is 2.46. The fraction of sp³-hybridized carbons (Fsp3) is 0.0111. The van der Waals surface area contributed by atoms with Gasteiger partial charge in [-0.3, -0.25) is 19.4 Å². The number of fused-ring (bicyclic) bond motifs is 12. The van der Waals surface area contributed by atoms with Crippen LogP contribution in [0.5, 0.6) is 0 Å². The van der Waals surface area contributed by atoms with Gasteiger partial charge in [0.1, 0.15) is 90.5 Å². The number of aromatic nitrogens is 12. The van der Waals surface area contributed by atoms with E-state index in [0.29, 0.717) is 101 Å². The third kappa shape index (κ3) is 14.4. The second kappa shape index (κ2) is 33.6. The molecule has 0 aliphatic carbocycles. The number of hydrogen-bond acceptors (Lipinski definition) is 20. The number of allylic oxidation sites excluding steroid dienone is 3. The maximum absolute atomic E-state index is 10.2. The standard InChI is InChI=1S/C60H18N18.C30H15N11/c1-67-43-16-13-33(21-42(43)30-66)51-54(36-15-18-45(69-3)48(24-36)72-6)78-60-57(75-51)58-55(73-49(31-7-10-37(25-61)40(19-31)28-64)52(76-58)34-9-12-39(27-63)46(22-34)70-4)56-59(60)77-53(35-14-17-44(68-2)47(23-35)71-5)50(74-56)32-8-11-38(26-62)41(20-32)29-65;1-5-8-19-20(9-6-14-31)37-26-25(36-19)27-28(39-22(11-16-33-2)21(38-27)10-7-15-32)30-29(26)40-23(12-17-34-3)24(41-30)13-18-35-4/h7-24H;5-13,16-18H,1H3/b;8-5+,9-6+,10-7+,16-11+,17-12+,18-13+. The molecule has 29 nitrogen and oxygen atoms in total. The van der Waals surface area contributed by atoms with Crippen molar-refractivity contribution in [2.45, 2.75) is 6.92 Å². The molecule has 0 bridgehead atoms. The highest BCUT2D eigenvalue weighted by Gasteiger charge is 2.29. The molecule has 0 fully saturated rings. The molecule has 6 aromatic heterocycles. The van der Waals surface area contributed by atoms with Gasteiger partial charge in [-0.1, -0.05) is 78.9 Å². The summed E-state index contributed by atoms with van der Waals surface area (Å²) in [5.41, 5.74) is 7.16. The summed E-state index contributed by atoms with van der Waals surface area (Å²) in [5, 5.41) is 78.8. The molecule has 0 saturated heterocycles. The molecule has 29 heteroatoms. The summed E-state index contributed by atoms with van der Waals surface area (Å²) >= 11 is 0. The zero-order chi connectivity index (χ0) is 84.0. The second-order valence-electron chi connectivity index (χ2n) is 24.4. The summed E-state index contributed by atoms with van der Waals surface area (Å²) in [4.78, 5) is 91.4. The van der Waals surface area contributed by atoms with Crippen molar-refractivity contribution in [1.29, 1.82) is 42.1 Å². The van der Waals surface area contributed by atoms with Crippen LogP contribution in [-0.2, 0) is 0 Å². The first-order valence-corrected chi connectivity index (χ1v) is 34.1. The smallest absolute Gasteiger partial charge is 0.205 e. The van der Waals surface area contributed by atoms with Gasteiger partial charge in [0.2, 0.25) is 11.4 Å². The summed E-state index contributed by atoms with van der Waals surface area (Å²) in [6, 6.07) is 43.1. The van der Waals surface area contributed by atoms with Gasteiger partial charge in [-0.2, -0.15) is 42.1 Å². The maximum Gasteiger partial charge on any atom is 0.205 e. The topological polar surface area (TPSA) is 384 Å². The van der Waals surface area contributed by atoms with Gasteiger partial charge in [0.15, 0.2) is 41.3 Å². The molecule has 0 aliphatic rings. The van der Waals surface area contributed by atoms with Gasteiger partial charge in [-0.25, -0.2) is 84.0 Å². The van der Waals surface area contributed by atoms with Crippen LogP contribution in [0.3, 0.4) is 0 Å². The molecule has 6 heterocycles. The Bertz CT molecular complexity index is 7040. The molecule has 0 N–H and O–H groups in total. The minimum absolute atomic E-state index is 0.00396. The molecule has 0 unspecified atom stereocenters. The van der Waals surface area contributed by atoms with Gasteiger partial charge < -0.3 is 0 Å². The van der Waals surface area contributed by atoms with E-state index in [9.17, 15) is 31.6 Å². The minimum atomic E-state index is -0.0114. The van der Waals surface area contributed by atoms with Crippen molar-refractivity contribution in [2.24, 2.45) is 0 Å². The molecule has 0 amide bonds. The molecule has 14 aromatic rings. The molecule has 119 heavy (non-hydrogen) atoms. The molecular formula is C90H33N29. The number of benzene rings is 8. The lowest BCUT2D eigenvalue weighted by molar-refractivity contribution is 1.19. The maximum atomic E-state index is 10.2. The molecule has 14 rings (SSSR count). The molecule has 0 spiro atoms. The predicted molar refractivity (Wildman–Crippen MR) is 441 cm³/mol. The second-order valence-corrected chi connectivity index (χ2v) is 24.4. The Balaban J connectivity index is 0.000000251. The summed E-state index contributed by atoms with van der Waals surface area (Å²) in [6.07, 6.45) is 17.2. The quantitative estimate of drug-likeness (QED) is 0.0623. The average molecular weight is 1520 g/mol. The van der Waals surface area contributed by atoms with Crippen LogP contribution < -0.4 is 0 Å². The lowest BCUT2D eigenvalue weighted by atomic mass is 9.97. The van der Waals surface area contributed by atoms with Crippen LogP contribution in [0, 0.1) is 150 Å². The zero-order valence-electron chi connectivity index (χ0n) is 60.8. The molecular weight excluding hydrogens is 1490 g/mol. The van der Waals surface area contributed by atoms with Gasteiger partial charge in [0.05, 0.1) is 185 Å². The van der Waals surface area contributed by atoms with E-state index >= 15 is 0 Å². The fourth-order valence-electron chi connectivity index (χ4n) is 12.5. The molecule has 0 atom stereocenters. The minimum Gasteiger partial charge on any atom is -0.250 e. The Morgan fingerprint density at radius 1 is 0.244 bits per heavy atom. The molecule has 538 valence electrons. The highest BCUT2D eigenvalue weighted by molar-refractivity contribution is 6.21. The van der Waals surface area contributed by atoms with E-state index in [1.807, 2.05) is 37.3 Å². The van der Waals surface area contributed by atoms with Gasteiger partial charge >= 0.3 is 0 Å². The summed E-state index contributed by atoms with van der Waals surface area (Å²) < 4.78 is 0. The molecule has 8 aromatic carbocycles. The largest absolute Gasteiger partial charge is 0.250 e. The van der Waals surface area contributed by atoms with Crippen LogP contribution >= 0.6 is 0 Å². The summed E-state index contributed by atoms with van der Waals surface area (Å²) in [5.74, 6) is 0. The predicted octanol–water partition coefficient (Wildman–Crippen LogP) is 20.3. The van der Waals surface area contributed by atoms with Crippen molar-refractivity contribution >= 4 is 137 Å². The number of rotatable bonds is 12. The van der Waals surface area contributed by atoms with Gasteiger partial charge in [0, 0.05) is 28.8 Å². The van der Waals surface area contributed by atoms with Crippen molar-refractivity contribution in [3.8, 4) is 116 Å². The van der Waals surface area contributed by atoms with E-state index in [1.54, 1.807) is 48.6 Å². The van der Waals surface area contributed by atoms with E-state index in [-0.39, 0.29) is 135 Å². The van der Waals surface area contributed by atoms with E-state index in [1.165, 1.54) is 134 Å². The van der Waals surface area contributed by atoms with E-state index in [0.717, 1.165) is 0 Å². The summed E-state index contributed by atoms with van der Waals surface area (Å²) in [7, 11) is 0. The van der Waals surface area contributed by atoms with E-state index in [2.05, 4.69) is 61.8 Å². The summed E-state index contributed by atoms with van der Waals surface area (Å²) in [6.45, 7) is 70.4. The van der Waals surface area contributed by atoms with Crippen LogP contribution in [0.25, 0.3) is 214 Å². The first-order chi connectivity index (χ1) is 58.2. The Morgan fingerprint density at radius 2 is 0.487 bits per heavy atom. The van der Waals surface area contributed by atoms with Gasteiger partial charge in [-0.05, 0) is 96.5 Å². The third-order valence-corrected chi connectivity index (χ3v) is 17.8. The van der Waals surface area contributed by atoms with Crippen molar-refractivity contribution in [3.63, 3.8) is 0 Å². The number of nitriles is 8. The van der Waals surface area contributed by atoms with Crippen molar-refractivity contribution in [2.75, 3.05) is 0 Å². The van der Waals surface area contributed by atoms with Crippen molar-refractivity contribution < 1.29 is 0 Å². The third-order valence-electron chi connectivity index (χ3n) is 17.8. The monoisotopic (exact) mass is 1520 g/mol. The van der Waals surface area contributed by atoms with Crippen LogP contribution in [0.1, 0.15) is 74.5 Å². The normalized spacial score (nSPS) is 10.7. The Morgan fingerprint density at radius 3 is 0.765 bits per heavy atom. The average Bonchev–Trinajstić information content (AvgIpc) is 0.712. The Hall–Kier alpha value is -20.4. The molecule has 0 radical (unpaired) electrons. The number of hydrogen-bond donors (Lipinski definition) is 0. The van der Waals surface area contributed by atoms with E-state index in [4.69, 9.17) is 129 Å². The molecule has 0 saturated carbocycles. The first-order valence-electron chi connectivity index (χ1n) is 34.1. The Labute approximate surface area is 674 Å². The van der Waals surface area contributed by atoms with Crippen LogP contribution in [0.15, 0.2) is 146 Å². The van der Waals surface area contributed by atoms with Crippen molar-refractivity contribution in [1.82, 2.24) is 59.8 Å². The molecule has 0 aliphatic heterocycles. The zero-order valence-corrected chi connectivity index (χ0v) is 60.8. The van der Waals surface area contributed by atoms with Crippen LogP contribution in [0.2, 0.25) is 0 Å². The van der Waals surface area contributed by atoms with E-state index < -0.39 is 0 Å². The van der Waals surface area contributed by atoms with Gasteiger partial charge in [-0.15, -0.1) is 0 Å². The van der Waals surface area contributed by atoms with Crippen LogP contribution in [-0.4, -0.2) is 59.8 Å². The Kier molecular flexibility index (Phi) is 21.7. The lowest BCUT2D eigenvalue weighted by Crippen LogP contribution is -2.05. The van der Waals surface area contributed by atoms with Crippen molar-refractivity contribution in [3.05, 3.63) is 316 Å².